The highest BCUT2D eigenvalue weighted by Crippen LogP contribution is 2.20. The van der Waals surface area contributed by atoms with E-state index in [-0.39, 0.29) is 17.9 Å². The van der Waals surface area contributed by atoms with Gasteiger partial charge in [0.15, 0.2) is 0 Å². The number of anilines is 1. The molecule has 0 saturated heterocycles. The molecule has 0 aromatic heterocycles. The fourth-order valence-corrected chi connectivity index (χ4v) is 2.62. The maximum atomic E-state index is 12.3. The zero-order valence-electron chi connectivity index (χ0n) is 12.5. The van der Waals surface area contributed by atoms with E-state index in [1.54, 1.807) is 18.2 Å². The standard InChI is InChI=1S/C16H22N2O3/c1-10-7-8-12(9-14(10)17-11(2)19)16(21)18-13-5-3-4-6-15(13)20/h7-9,13,15,20H,3-6H2,1-2H3,(H,17,19)(H,18,21)/t13-,15-/m1/s1. The first-order chi connectivity index (χ1) is 9.97. The molecule has 1 aromatic carbocycles. The fourth-order valence-electron chi connectivity index (χ4n) is 2.62. The van der Waals surface area contributed by atoms with Crippen LogP contribution >= 0.6 is 0 Å². The third kappa shape index (κ3) is 4.04. The second-order valence-electron chi connectivity index (χ2n) is 5.64. The van der Waals surface area contributed by atoms with E-state index in [1.807, 2.05) is 6.92 Å². The summed E-state index contributed by atoms with van der Waals surface area (Å²) in [4.78, 5) is 23.4. The van der Waals surface area contributed by atoms with E-state index < -0.39 is 6.10 Å². The van der Waals surface area contributed by atoms with Gasteiger partial charge in [-0.05, 0) is 37.5 Å². The van der Waals surface area contributed by atoms with Gasteiger partial charge in [0.2, 0.25) is 5.91 Å². The molecular formula is C16H22N2O3. The number of hydrogen-bond donors (Lipinski definition) is 3. The number of amides is 2. The summed E-state index contributed by atoms with van der Waals surface area (Å²) < 4.78 is 0. The molecule has 3 N–H and O–H groups in total. The van der Waals surface area contributed by atoms with Gasteiger partial charge in [0, 0.05) is 18.2 Å². The van der Waals surface area contributed by atoms with E-state index in [9.17, 15) is 14.7 Å². The Labute approximate surface area is 124 Å². The highest BCUT2D eigenvalue weighted by Gasteiger charge is 2.24. The van der Waals surface area contributed by atoms with Gasteiger partial charge in [-0.1, -0.05) is 18.9 Å². The van der Waals surface area contributed by atoms with Crippen LogP contribution in [-0.4, -0.2) is 29.1 Å². The second kappa shape index (κ2) is 6.72. The molecule has 1 fully saturated rings. The Kier molecular flexibility index (Phi) is 4.96. The second-order valence-corrected chi connectivity index (χ2v) is 5.64. The lowest BCUT2D eigenvalue weighted by Crippen LogP contribution is -2.45. The molecule has 0 aliphatic heterocycles. The van der Waals surface area contributed by atoms with Gasteiger partial charge in [-0.3, -0.25) is 9.59 Å². The van der Waals surface area contributed by atoms with Gasteiger partial charge in [-0.15, -0.1) is 0 Å². The number of aliphatic hydroxyl groups is 1. The summed E-state index contributed by atoms with van der Waals surface area (Å²) in [6.07, 6.45) is 3.09. The normalized spacial score (nSPS) is 21.7. The van der Waals surface area contributed by atoms with Gasteiger partial charge in [0.05, 0.1) is 12.1 Å². The van der Waals surface area contributed by atoms with Crippen molar-refractivity contribution in [1.82, 2.24) is 5.32 Å². The highest BCUT2D eigenvalue weighted by atomic mass is 16.3. The third-order valence-electron chi connectivity index (χ3n) is 3.86. The molecule has 0 radical (unpaired) electrons. The van der Waals surface area contributed by atoms with Gasteiger partial charge in [0.1, 0.15) is 0 Å². The minimum atomic E-state index is -0.469. The third-order valence-corrected chi connectivity index (χ3v) is 3.86. The Morgan fingerprint density at radius 1 is 1.24 bits per heavy atom. The topological polar surface area (TPSA) is 78.4 Å². The minimum absolute atomic E-state index is 0.168. The molecule has 21 heavy (non-hydrogen) atoms. The van der Waals surface area contributed by atoms with E-state index in [0.717, 1.165) is 31.2 Å². The van der Waals surface area contributed by atoms with Crippen molar-refractivity contribution in [2.45, 2.75) is 51.7 Å². The van der Waals surface area contributed by atoms with Crippen LogP contribution in [0.2, 0.25) is 0 Å². The lowest BCUT2D eigenvalue weighted by atomic mass is 9.92. The molecule has 1 aromatic rings. The van der Waals surface area contributed by atoms with Crippen molar-refractivity contribution in [3.05, 3.63) is 29.3 Å². The van der Waals surface area contributed by atoms with E-state index in [2.05, 4.69) is 10.6 Å². The minimum Gasteiger partial charge on any atom is -0.391 e. The van der Waals surface area contributed by atoms with Crippen LogP contribution in [0.1, 0.15) is 48.5 Å². The summed E-state index contributed by atoms with van der Waals surface area (Å²) >= 11 is 0. The van der Waals surface area contributed by atoms with Crippen LogP contribution in [0, 0.1) is 6.92 Å². The molecule has 0 heterocycles. The smallest absolute Gasteiger partial charge is 0.251 e. The summed E-state index contributed by atoms with van der Waals surface area (Å²) in [6, 6.07) is 5.01. The molecule has 1 aliphatic rings. The molecule has 1 saturated carbocycles. The maximum absolute atomic E-state index is 12.3. The molecule has 0 spiro atoms. The van der Waals surface area contributed by atoms with Crippen molar-refractivity contribution in [2.75, 3.05) is 5.32 Å². The molecule has 5 nitrogen and oxygen atoms in total. The fraction of sp³-hybridized carbons (Fsp3) is 0.500. The number of hydrogen-bond acceptors (Lipinski definition) is 3. The first kappa shape index (κ1) is 15.5. The van der Waals surface area contributed by atoms with Gasteiger partial charge in [0.25, 0.3) is 5.91 Å². The van der Waals surface area contributed by atoms with E-state index >= 15 is 0 Å². The number of benzene rings is 1. The van der Waals surface area contributed by atoms with Crippen molar-refractivity contribution in [1.29, 1.82) is 0 Å². The van der Waals surface area contributed by atoms with Crippen LogP contribution in [0.5, 0.6) is 0 Å². The Hall–Kier alpha value is -1.88. The predicted octanol–water partition coefficient (Wildman–Crippen LogP) is 1.99. The van der Waals surface area contributed by atoms with E-state index in [1.165, 1.54) is 6.92 Å². The van der Waals surface area contributed by atoms with Gasteiger partial charge in [-0.25, -0.2) is 0 Å². The molecule has 2 amide bonds. The average Bonchev–Trinajstić information content (AvgIpc) is 2.43. The van der Waals surface area contributed by atoms with Crippen molar-refractivity contribution < 1.29 is 14.7 Å². The van der Waals surface area contributed by atoms with Crippen molar-refractivity contribution >= 4 is 17.5 Å². The number of aryl methyl sites for hydroxylation is 1. The maximum Gasteiger partial charge on any atom is 0.251 e. The first-order valence-electron chi connectivity index (χ1n) is 7.34. The number of nitrogens with one attached hydrogen (secondary N) is 2. The van der Waals surface area contributed by atoms with Crippen LogP contribution in [0.15, 0.2) is 18.2 Å². The Balaban J connectivity index is 2.09. The predicted molar refractivity (Wildman–Crippen MR) is 81.2 cm³/mol. The first-order valence-corrected chi connectivity index (χ1v) is 7.34. The van der Waals surface area contributed by atoms with Crippen molar-refractivity contribution in [2.24, 2.45) is 0 Å². The molecule has 114 valence electrons. The van der Waals surface area contributed by atoms with Crippen molar-refractivity contribution in [3.63, 3.8) is 0 Å². The summed E-state index contributed by atoms with van der Waals surface area (Å²) in [6.45, 7) is 3.31. The monoisotopic (exact) mass is 290 g/mol. The quantitative estimate of drug-likeness (QED) is 0.796. The average molecular weight is 290 g/mol. The lowest BCUT2D eigenvalue weighted by molar-refractivity contribution is -0.114. The van der Waals surface area contributed by atoms with Crippen LogP contribution in [-0.2, 0) is 4.79 Å². The van der Waals surface area contributed by atoms with Crippen LogP contribution in [0.4, 0.5) is 5.69 Å². The molecule has 5 heteroatoms. The molecule has 2 atom stereocenters. The highest BCUT2D eigenvalue weighted by molar-refractivity contribution is 5.97. The molecular weight excluding hydrogens is 268 g/mol. The molecule has 1 aliphatic carbocycles. The van der Waals surface area contributed by atoms with Gasteiger partial charge < -0.3 is 15.7 Å². The van der Waals surface area contributed by atoms with E-state index in [4.69, 9.17) is 0 Å². The summed E-state index contributed by atoms with van der Waals surface area (Å²) in [7, 11) is 0. The van der Waals surface area contributed by atoms with Crippen LogP contribution < -0.4 is 10.6 Å². The van der Waals surface area contributed by atoms with Gasteiger partial charge in [-0.2, -0.15) is 0 Å². The van der Waals surface area contributed by atoms with Crippen LogP contribution in [0.3, 0.4) is 0 Å². The molecule has 0 bridgehead atoms. The Bertz CT molecular complexity index is 542. The zero-order valence-corrected chi connectivity index (χ0v) is 12.5. The molecule has 0 unspecified atom stereocenters. The summed E-state index contributed by atoms with van der Waals surface area (Å²) in [5.41, 5.74) is 2.03. The SMILES string of the molecule is CC(=O)Nc1cc(C(=O)N[C@@H]2CCCC[C@H]2O)ccc1C. The van der Waals surface area contributed by atoms with E-state index in [0.29, 0.717) is 11.3 Å². The van der Waals surface area contributed by atoms with Crippen molar-refractivity contribution in [3.8, 4) is 0 Å². The number of rotatable bonds is 3. The summed E-state index contributed by atoms with van der Waals surface area (Å²) in [5.74, 6) is -0.383. The zero-order chi connectivity index (χ0) is 15.4. The number of carbonyl (C=O) groups excluding carboxylic acids is 2. The number of carbonyl (C=O) groups is 2. The number of aliphatic hydroxyl groups excluding tert-OH is 1. The molecule has 2 rings (SSSR count). The van der Waals surface area contributed by atoms with Crippen LogP contribution in [0.25, 0.3) is 0 Å². The Morgan fingerprint density at radius 3 is 2.62 bits per heavy atom. The summed E-state index contributed by atoms with van der Waals surface area (Å²) in [5, 5.41) is 15.5. The largest absolute Gasteiger partial charge is 0.391 e. The lowest BCUT2D eigenvalue weighted by Gasteiger charge is -2.28. The van der Waals surface area contributed by atoms with Gasteiger partial charge >= 0.3 is 0 Å². The Morgan fingerprint density at radius 2 is 1.95 bits per heavy atom.